The monoisotopic (exact) mass is 321 g/mol. The van der Waals surface area contributed by atoms with Crippen LogP contribution in [0.15, 0.2) is 48.8 Å². The van der Waals surface area contributed by atoms with Gasteiger partial charge in [0.25, 0.3) is 0 Å². The Morgan fingerprint density at radius 1 is 1.12 bits per heavy atom. The molecule has 0 spiro atoms. The van der Waals surface area contributed by atoms with E-state index in [0.29, 0.717) is 19.1 Å². The summed E-state index contributed by atoms with van der Waals surface area (Å²) in [4.78, 5) is 4.21. The van der Waals surface area contributed by atoms with Gasteiger partial charge < -0.3 is 14.0 Å². The molecule has 0 bridgehead atoms. The van der Waals surface area contributed by atoms with E-state index in [-0.39, 0.29) is 5.69 Å². The highest BCUT2D eigenvalue weighted by atomic mass is 16.5. The van der Waals surface area contributed by atoms with Gasteiger partial charge in [0, 0.05) is 24.5 Å². The molecule has 3 rings (SSSR count). The number of ether oxygens (including phenoxy) is 2. The lowest BCUT2D eigenvalue weighted by molar-refractivity contribution is 0.210. The summed E-state index contributed by atoms with van der Waals surface area (Å²) in [7, 11) is 0. The summed E-state index contributed by atoms with van der Waals surface area (Å²) in [6, 6.07) is 12.8. The molecule has 0 radical (unpaired) electrons. The molecule has 1 aromatic carbocycles. The number of benzene rings is 1. The maximum atomic E-state index is 8.66. The van der Waals surface area contributed by atoms with E-state index in [1.54, 1.807) is 18.3 Å². The topological polar surface area (TPSA) is 85.9 Å². The maximum Gasteiger partial charge on any atom is 0.233 e. The molecule has 0 aliphatic rings. The minimum atomic E-state index is 0.255. The fourth-order valence-electron chi connectivity index (χ4n) is 2.14. The molecule has 0 aliphatic carbocycles. The number of hydrogen-bond acceptors (Lipinski definition) is 6. The number of nitrogens with zero attached hydrogens (tertiary/aromatic N) is 5. The Kier molecular flexibility index (Phi) is 4.68. The first kappa shape index (κ1) is 15.5. The van der Waals surface area contributed by atoms with E-state index in [0.717, 1.165) is 17.3 Å². The van der Waals surface area contributed by atoms with Crippen LogP contribution < -0.4 is 9.47 Å². The fraction of sp³-hybridized carbons (Fsp3) is 0.176. The third kappa shape index (κ3) is 3.67. The van der Waals surface area contributed by atoms with Crippen LogP contribution in [0.5, 0.6) is 11.6 Å². The van der Waals surface area contributed by atoms with E-state index in [1.165, 1.54) is 0 Å². The van der Waals surface area contributed by atoms with Crippen LogP contribution in [0.2, 0.25) is 0 Å². The van der Waals surface area contributed by atoms with Crippen molar-refractivity contribution in [3.63, 3.8) is 0 Å². The van der Waals surface area contributed by atoms with Gasteiger partial charge in [-0.25, -0.2) is 4.98 Å². The van der Waals surface area contributed by atoms with Crippen LogP contribution in [-0.4, -0.2) is 33.0 Å². The highest BCUT2D eigenvalue weighted by Crippen LogP contribution is 2.18. The van der Waals surface area contributed by atoms with Crippen LogP contribution >= 0.6 is 0 Å². The van der Waals surface area contributed by atoms with Crippen molar-refractivity contribution in [3.05, 3.63) is 60.3 Å². The van der Waals surface area contributed by atoms with Gasteiger partial charge >= 0.3 is 0 Å². The molecule has 24 heavy (non-hydrogen) atoms. The van der Waals surface area contributed by atoms with Crippen molar-refractivity contribution in [2.45, 2.75) is 6.92 Å². The molecule has 0 fully saturated rings. The van der Waals surface area contributed by atoms with E-state index in [2.05, 4.69) is 15.2 Å². The van der Waals surface area contributed by atoms with Gasteiger partial charge in [-0.15, -0.1) is 10.2 Å². The predicted molar refractivity (Wildman–Crippen MR) is 86.0 cm³/mol. The number of rotatable bonds is 6. The molecular formula is C17H15N5O2. The lowest BCUT2D eigenvalue weighted by atomic mass is 10.3. The second-order valence-corrected chi connectivity index (χ2v) is 4.91. The van der Waals surface area contributed by atoms with Crippen molar-refractivity contribution in [2.75, 3.05) is 13.2 Å². The highest BCUT2D eigenvalue weighted by molar-refractivity contribution is 5.40. The number of aryl methyl sites for hydroxylation is 1. The van der Waals surface area contributed by atoms with Crippen LogP contribution in [0.25, 0.3) is 5.69 Å². The number of nitriles is 1. The number of aromatic nitrogens is 4. The summed E-state index contributed by atoms with van der Waals surface area (Å²) >= 11 is 0. The molecule has 0 atom stereocenters. The van der Waals surface area contributed by atoms with Crippen LogP contribution in [-0.2, 0) is 0 Å². The van der Waals surface area contributed by atoms with Gasteiger partial charge in [-0.2, -0.15) is 5.26 Å². The Bertz CT molecular complexity index is 852. The minimum Gasteiger partial charge on any atom is -0.490 e. The van der Waals surface area contributed by atoms with E-state index in [4.69, 9.17) is 14.7 Å². The maximum absolute atomic E-state index is 8.66. The van der Waals surface area contributed by atoms with Crippen molar-refractivity contribution in [2.24, 2.45) is 0 Å². The third-order valence-corrected chi connectivity index (χ3v) is 3.28. The average molecular weight is 321 g/mol. The molecule has 2 aromatic heterocycles. The first-order chi connectivity index (χ1) is 11.8. The second kappa shape index (κ2) is 7.24. The summed E-state index contributed by atoms with van der Waals surface area (Å²) < 4.78 is 13.1. The van der Waals surface area contributed by atoms with Crippen molar-refractivity contribution in [1.29, 1.82) is 5.26 Å². The molecule has 2 heterocycles. The molecule has 0 saturated heterocycles. The van der Waals surface area contributed by atoms with Gasteiger partial charge in [-0.1, -0.05) is 6.07 Å². The molecule has 0 saturated carbocycles. The van der Waals surface area contributed by atoms with Crippen molar-refractivity contribution in [3.8, 4) is 23.4 Å². The van der Waals surface area contributed by atoms with Gasteiger partial charge in [-0.3, -0.25) is 0 Å². The first-order valence-electron chi connectivity index (χ1n) is 7.36. The summed E-state index contributed by atoms with van der Waals surface area (Å²) in [5.74, 6) is 2.02. The summed E-state index contributed by atoms with van der Waals surface area (Å²) in [6.45, 7) is 2.64. The van der Waals surface area contributed by atoms with E-state index in [9.17, 15) is 0 Å². The van der Waals surface area contributed by atoms with Crippen molar-refractivity contribution in [1.82, 2.24) is 19.7 Å². The molecular weight excluding hydrogens is 306 g/mol. The zero-order valence-corrected chi connectivity index (χ0v) is 13.1. The molecule has 3 aromatic rings. The van der Waals surface area contributed by atoms with Gasteiger partial charge in [-0.05, 0) is 25.1 Å². The molecule has 0 aliphatic heterocycles. The van der Waals surface area contributed by atoms with Gasteiger partial charge in [0.1, 0.15) is 30.9 Å². The second-order valence-electron chi connectivity index (χ2n) is 4.91. The van der Waals surface area contributed by atoms with E-state index < -0.39 is 0 Å². The highest BCUT2D eigenvalue weighted by Gasteiger charge is 2.03. The minimum absolute atomic E-state index is 0.255. The Morgan fingerprint density at radius 3 is 2.71 bits per heavy atom. The normalized spacial score (nSPS) is 10.2. The standard InChI is InChI=1S/C17H15N5O2/c1-13-19-7-8-22(13)15-3-2-4-16(11-15)23-9-10-24-17-6-5-14(12-18)20-21-17/h2-8,11H,9-10H2,1H3. The fourth-order valence-corrected chi connectivity index (χ4v) is 2.14. The summed E-state index contributed by atoms with van der Waals surface area (Å²) in [5.41, 5.74) is 1.24. The smallest absolute Gasteiger partial charge is 0.233 e. The Morgan fingerprint density at radius 2 is 2.00 bits per heavy atom. The first-order valence-corrected chi connectivity index (χ1v) is 7.36. The van der Waals surface area contributed by atoms with Gasteiger partial charge in [0.05, 0.1) is 5.69 Å². The molecule has 7 heteroatoms. The SMILES string of the molecule is Cc1nccn1-c1cccc(OCCOc2ccc(C#N)nn2)c1. The Labute approximate surface area is 139 Å². The van der Waals surface area contributed by atoms with Crippen LogP contribution in [0.1, 0.15) is 11.5 Å². The lowest BCUT2D eigenvalue weighted by Gasteiger charge is -2.10. The number of imidazole rings is 1. The zero-order valence-electron chi connectivity index (χ0n) is 13.1. The van der Waals surface area contributed by atoms with E-state index >= 15 is 0 Å². The molecule has 120 valence electrons. The van der Waals surface area contributed by atoms with Gasteiger partial charge in [0.2, 0.25) is 5.88 Å². The Balaban J connectivity index is 1.53. The number of hydrogen-bond donors (Lipinski definition) is 0. The Hall–Kier alpha value is -3.40. The predicted octanol–water partition coefficient (Wildman–Crippen LogP) is 2.30. The lowest BCUT2D eigenvalue weighted by Crippen LogP contribution is -2.10. The molecule has 7 nitrogen and oxygen atoms in total. The third-order valence-electron chi connectivity index (χ3n) is 3.28. The van der Waals surface area contributed by atoms with E-state index in [1.807, 2.05) is 48.0 Å². The summed E-state index contributed by atoms with van der Waals surface area (Å²) in [6.07, 6.45) is 3.66. The molecule has 0 amide bonds. The molecule has 0 unspecified atom stereocenters. The van der Waals surface area contributed by atoms with Gasteiger partial charge in [0.15, 0.2) is 5.69 Å². The van der Waals surface area contributed by atoms with Crippen LogP contribution in [0, 0.1) is 18.3 Å². The zero-order chi connectivity index (χ0) is 16.8. The largest absolute Gasteiger partial charge is 0.490 e. The van der Waals surface area contributed by atoms with Crippen molar-refractivity contribution >= 4 is 0 Å². The summed E-state index contributed by atoms with van der Waals surface area (Å²) in [5, 5.41) is 16.1. The van der Waals surface area contributed by atoms with Crippen LogP contribution in [0.3, 0.4) is 0 Å². The molecule has 0 N–H and O–H groups in total. The average Bonchev–Trinajstić information content (AvgIpc) is 3.05. The quantitative estimate of drug-likeness (QED) is 0.648. The van der Waals surface area contributed by atoms with Crippen LogP contribution in [0.4, 0.5) is 0 Å². The van der Waals surface area contributed by atoms with Crippen molar-refractivity contribution < 1.29 is 9.47 Å².